The van der Waals surface area contributed by atoms with Crippen molar-refractivity contribution in [2.45, 2.75) is 13.3 Å². The SMILES string of the molecule is Cc1ncccc1NC(=O)c1csc(CCN)n1.Cl.Cl. The summed E-state index contributed by atoms with van der Waals surface area (Å²) >= 11 is 1.45. The number of nitrogens with two attached hydrogens (primary N) is 1. The lowest BCUT2D eigenvalue weighted by Crippen LogP contribution is -2.14. The van der Waals surface area contributed by atoms with Gasteiger partial charge < -0.3 is 11.1 Å². The van der Waals surface area contributed by atoms with Crippen LogP contribution in [0.5, 0.6) is 0 Å². The van der Waals surface area contributed by atoms with Crippen molar-refractivity contribution in [3.05, 3.63) is 40.1 Å². The molecule has 1 amide bonds. The van der Waals surface area contributed by atoms with Gasteiger partial charge in [-0.15, -0.1) is 36.2 Å². The number of aryl methyl sites for hydroxylation is 1. The van der Waals surface area contributed by atoms with Gasteiger partial charge in [-0.2, -0.15) is 0 Å². The van der Waals surface area contributed by atoms with E-state index in [0.29, 0.717) is 24.3 Å². The Morgan fingerprint density at radius 3 is 2.85 bits per heavy atom. The zero-order chi connectivity index (χ0) is 13.0. The molecule has 0 bridgehead atoms. The first-order valence-corrected chi connectivity index (χ1v) is 6.46. The highest BCUT2D eigenvalue weighted by Crippen LogP contribution is 2.14. The van der Waals surface area contributed by atoms with E-state index < -0.39 is 0 Å². The molecule has 0 unspecified atom stereocenters. The summed E-state index contributed by atoms with van der Waals surface area (Å²) < 4.78 is 0. The van der Waals surface area contributed by atoms with Gasteiger partial charge in [0, 0.05) is 18.0 Å². The van der Waals surface area contributed by atoms with Gasteiger partial charge >= 0.3 is 0 Å². The van der Waals surface area contributed by atoms with E-state index >= 15 is 0 Å². The smallest absolute Gasteiger partial charge is 0.275 e. The van der Waals surface area contributed by atoms with Crippen LogP contribution in [0.1, 0.15) is 21.2 Å². The van der Waals surface area contributed by atoms with Crippen LogP contribution in [0, 0.1) is 6.92 Å². The first-order chi connectivity index (χ1) is 8.70. The number of amides is 1. The zero-order valence-corrected chi connectivity index (χ0v) is 13.3. The summed E-state index contributed by atoms with van der Waals surface area (Å²) in [5.74, 6) is -0.217. The van der Waals surface area contributed by atoms with Crippen LogP contribution in [0.15, 0.2) is 23.7 Å². The zero-order valence-electron chi connectivity index (χ0n) is 10.8. The number of hydrogen-bond donors (Lipinski definition) is 2. The summed E-state index contributed by atoms with van der Waals surface area (Å²) in [7, 11) is 0. The Balaban J connectivity index is 0.00000180. The van der Waals surface area contributed by atoms with Crippen LogP contribution in [0.4, 0.5) is 5.69 Å². The highest BCUT2D eigenvalue weighted by molar-refractivity contribution is 7.09. The number of anilines is 1. The molecule has 0 aliphatic carbocycles. The monoisotopic (exact) mass is 334 g/mol. The fourth-order valence-electron chi connectivity index (χ4n) is 1.46. The molecular weight excluding hydrogens is 319 g/mol. The molecule has 0 saturated carbocycles. The van der Waals surface area contributed by atoms with E-state index in [-0.39, 0.29) is 30.7 Å². The molecule has 0 radical (unpaired) electrons. The summed E-state index contributed by atoms with van der Waals surface area (Å²) in [5, 5.41) is 5.42. The number of carbonyl (C=O) groups is 1. The molecule has 0 aromatic carbocycles. The van der Waals surface area contributed by atoms with Crippen molar-refractivity contribution >= 4 is 47.7 Å². The molecule has 2 aromatic rings. The molecule has 110 valence electrons. The molecule has 5 nitrogen and oxygen atoms in total. The van der Waals surface area contributed by atoms with Crippen LogP contribution >= 0.6 is 36.2 Å². The Kier molecular flexibility index (Phi) is 8.33. The predicted octanol–water partition coefficient (Wildman–Crippen LogP) is 2.44. The minimum absolute atomic E-state index is 0. The van der Waals surface area contributed by atoms with Gasteiger partial charge in [0.1, 0.15) is 5.69 Å². The van der Waals surface area contributed by atoms with Crippen LogP contribution in [0.2, 0.25) is 0 Å². The minimum Gasteiger partial charge on any atom is -0.330 e. The van der Waals surface area contributed by atoms with Crippen LogP contribution in [0.25, 0.3) is 0 Å². The van der Waals surface area contributed by atoms with Crippen molar-refractivity contribution in [1.82, 2.24) is 9.97 Å². The number of aromatic nitrogens is 2. The molecule has 0 fully saturated rings. The third-order valence-corrected chi connectivity index (χ3v) is 3.31. The Bertz CT molecular complexity index is 562. The van der Waals surface area contributed by atoms with Crippen molar-refractivity contribution in [1.29, 1.82) is 0 Å². The largest absolute Gasteiger partial charge is 0.330 e. The van der Waals surface area contributed by atoms with Crippen LogP contribution < -0.4 is 11.1 Å². The molecular formula is C12H16Cl2N4OS. The third-order valence-electron chi connectivity index (χ3n) is 2.40. The Morgan fingerprint density at radius 1 is 1.45 bits per heavy atom. The Labute approximate surface area is 133 Å². The fraction of sp³-hybridized carbons (Fsp3) is 0.250. The maximum Gasteiger partial charge on any atom is 0.275 e. The number of nitrogens with zero attached hydrogens (tertiary/aromatic N) is 2. The van der Waals surface area contributed by atoms with E-state index in [1.165, 1.54) is 11.3 Å². The molecule has 2 aromatic heterocycles. The molecule has 2 heterocycles. The van der Waals surface area contributed by atoms with Gasteiger partial charge in [-0.05, 0) is 25.6 Å². The number of pyridine rings is 1. The number of nitrogens with one attached hydrogen (secondary N) is 1. The number of halogens is 2. The van der Waals surface area contributed by atoms with Crippen molar-refractivity contribution in [2.24, 2.45) is 5.73 Å². The number of hydrogen-bond acceptors (Lipinski definition) is 5. The molecule has 3 N–H and O–H groups in total. The third kappa shape index (κ3) is 4.72. The Morgan fingerprint density at radius 2 is 2.20 bits per heavy atom. The molecule has 0 saturated heterocycles. The number of thiazole rings is 1. The van der Waals surface area contributed by atoms with Crippen molar-refractivity contribution in [3.63, 3.8) is 0 Å². The second kappa shape index (κ2) is 8.86. The lowest BCUT2D eigenvalue weighted by atomic mass is 10.3. The highest BCUT2D eigenvalue weighted by Gasteiger charge is 2.11. The summed E-state index contributed by atoms with van der Waals surface area (Å²) in [6, 6.07) is 3.59. The summed E-state index contributed by atoms with van der Waals surface area (Å²) in [4.78, 5) is 20.3. The van der Waals surface area contributed by atoms with Gasteiger partial charge in [0.05, 0.1) is 16.4 Å². The second-order valence-electron chi connectivity index (χ2n) is 3.76. The quantitative estimate of drug-likeness (QED) is 0.899. The molecule has 20 heavy (non-hydrogen) atoms. The van der Waals surface area contributed by atoms with E-state index in [2.05, 4.69) is 15.3 Å². The molecule has 0 aliphatic heterocycles. The first-order valence-electron chi connectivity index (χ1n) is 5.58. The fourth-order valence-corrected chi connectivity index (χ4v) is 2.25. The number of rotatable bonds is 4. The first kappa shape index (κ1) is 18.8. The van der Waals surface area contributed by atoms with Crippen molar-refractivity contribution in [2.75, 3.05) is 11.9 Å². The lowest BCUT2D eigenvalue weighted by molar-refractivity contribution is 0.102. The van der Waals surface area contributed by atoms with Crippen LogP contribution in [-0.4, -0.2) is 22.4 Å². The Hall–Kier alpha value is -1.21. The predicted molar refractivity (Wildman–Crippen MR) is 86.3 cm³/mol. The van der Waals surface area contributed by atoms with Gasteiger partial charge in [-0.3, -0.25) is 9.78 Å². The highest BCUT2D eigenvalue weighted by atomic mass is 35.5. The van der Waals surface area contributed by atoms with Crippen molar-refractivity contribution in [3.8, 4) is 0 Å². The average molecular weight is 335 g/mol. The second-order valence-corrected chi connectivity index (χ2v) is 4.70. The summed E-state index contributed by atoms with van der Waals surface area (Å²) in [6.45, 7) is 2.38. The number of carbonyl (C=O) groups excluding carboxylic acids is 1. The van der Waals surface area contributed by atoms with Gasteiger partial charge in [0.2, 0.25) is 0 Å². The van der Waals surface area contributed by atoms with Gasteiger partial charge in [-0.25, -0.2) is 4.98 Å². The molecule has 0 spiro atoms. The molecule has 0 aliphatic rings. The molecule has 2 rings (SSSR count). The van der Waals surface area contributed by atoms with E-state index in [9.17, 15) is 4.79 Å². The van der Waals surface area contributed by atoms with Crippen molar-refractivity contribution < 1.29 is 4.79 Å². The maximum absolute atomic E-state index is 12.0. The molecule has 8 heteroatoms. The topological polar surface area (TPSA) is 80.9 Å². The van der Waals surface area contributed by atoms with E-state index in [1.54, 1.807) is 17.6 Å². The van der Waals surface area contributed by atoms with Crippen LogP contribution in [-0.2, 0) is 6.42 Å². The standard InChI is InChI=1S/C12H14N4OS.2ClH/c1-8-9(3-2-6-14-8)16-12(17)10-7-18-11(15-10)4-5-13;;/h2-3,6-7H,4-5,13H2,1H3,(H,16,17);2*1H. The minimum atomic E-state index is -0.217. The molecule has 0 atom stereocenters. The summed E-state index contributed by atoms with van der Waals surface area (Å²) in [6.07, 6.45) is 2.39. The van der Waals surface area contributed by atoms with Gasteiger partial charge in [0.15, 0.2) is 0 Å². The van der Waals surface area contributed by atoms with Gasteiger partial charge in [0.25, 0.3) is 5.91 Å². The lowest BCUT2D eigenvalue weighted by Gasteiger charge is -2.05. The average Bonchev–Trinajstić information content (AvgIpc) is 2.81. The van der Waals surface area contributed by atoms with E-state index in [0.717, 1.165) is 10.7 Å². The van der Waals surface area contributed by atoms with Crippen LogP contribution in [0.3, 0.4) is 0 Å². The van der Waals surface area contributed by atoms with Gasteiger partial charge in [-0.1, -0.05) is 0 Å². The van der Waals surface area contributed by atoms with E-state index in [4.69, 9.17) is 5.73 Å². The van der Waals surface area contributed by atoms with E-state index in [1.807, 2.05) is 13.0 Å². The normalized spacial score (nSPS) is 9.30. The maximum atomic E-state index is 12.0. The summed E-state index contributed by atoms with van der Waals surface area (Å²) in [5.41, 5.74) is 7.36.